The largest absolute Gasteiger partial charge is 0.339 e. The molecule has 0 amide bonds. The summed E-state index contributed by atoms with van der Waals surface area (Å²) in [5.41, 5.74) is 6.41. The Morgan fingerprint density at radius 3 is 2.72 bits per heavy atom. The molecule has 2 N–H and O–H groups in total. The fourth-order valence-corrected chi connectivity index (χ4v) is 1.65. The normalized spacial score (nSPS) is 12.6. The molecule has 0 spiro atoms. The molecule has 0 radical (unpaired) electrons. The van der Waals surface area contributed by atoms with Crippen molar-refractivity contribution >= 4 is 0 Å². The highest BCUT2D eigenvalue weighted by Gasteiger charge is 2.08. The minimum absolute atomic E-state index is 0.185. The van der Waals surface area contributed by atoms with Crippen LogP contribution in [0.4, 0.5) is 4.39 Å². The van der Waals surface area contributed by atoms with Gasteiger partial charge < -0.3 is 10.3 Å². The van der Waals surface area contributed by atoms with Gasteiger partial charge >= 0.3 is 0 Å². The van der Waals surface area contributed by atoms with Crippen LogP contribution in [0.25, 0.3) is 11.4 Å². The Balaban J connectivity index is 1.99. The zero-order chi connectivity index (χ0) is 13.0. The van der Waals surface area contributed by atoms with E-state index in [9.17, 15) is 4.39 Å². The van der Waals surface area contributed by atoms with E-state index in [2.05, 4.69) is 10.1 Å². The lowest BCUT2D eigenvalue weighted by molar-refractivity contribution is 0.373. The second-order valence-corrected chi connectivity index (χ2v) is 4.39. The average molecular weight is 249 g/mol. The Bertz CT molecular complexity index is 493. The maximum atomic E-state index is 12.8. The molecule has 0 fully saturated rings. The van der Waals surface area contributed by atoms with Crippen LogP contribution in [0.2, 0.25) is 0 Å². The molecule has 5 heteroatoms. The number of aromatic nitrogens is 2. The summed E-state index contributed by atoms with van der Waals surface area (Å²) in [4.78, 5) is 4.27. The number of hydrogen-bond donors (Lipinski definition) is 1. The Kier molecular flexibility index (Phi) is 4.04. The molecule has 1 aromatic heterocycles. The van der Waals surface area contributed by atoms with Crippen LogP contribution in [0.5, 0.6) is 0 Å². The van der Waals surface area contributed by atoms with Crippen molar-refractivity contribution in [2.75, 3.05) is 0 Å². The van der Waals surface area contributed by atoms with Crippen LogP contribution in [0.3, 0.4) is 0 Å². The van der Waals surface area contributed by atoms with Crippen molar-refractivity contribution in [3.05, 3.63) is 36.0 Å². The smallest absolute Gasteiger partial charge is 0.226 e. The first-order chi connectivity index (χ1) is 8.65. The molecule has 2 aromatic rings. The molecule has 2 rings (SSSR count). The summed E-state index contributed by atoms with van der Waals surface area (Å²) >= 11 is 0. The van der Waals surface area contributed by atoms with E-state index < -0.39 is 0 Å². The summed E-state index contributed by atoms with van der Waals surface area (Å²) in [7, 11) is 0. The van der Waals surface area contributed by atoms with E-state index in [-0.39, 0.29) is 11.9 Å². The average Bonchev–Trinajstić information content (AvgIpc) is 2.78. The van der Waals surface area contributed by atoms with Gasteiger partial charge in [-0.15, -0.1) is 0 Å². The monoisotopic (exact) mass is 249 g/mol. The van der Waals surface area contributed by atoms with E-state index in [0.717, 1.165) is 24.8 Å². The van der Waals surface area contributed by atoms with Gasteiger partial charge in [0.2, 0.25) is 11.7 Å². The van der Waals surface area contributed by atoms with Gasteiger partial charge in [-0.2, -0.15) is 4.98 Å². The van der Waals surface area contributed by atoms with E-state index in [1.807, 2.05) is 6.92 Å². The van der Waals surface area contributed by atoms with Gasteiger partial charge in [0.15, 0.2) is 0 Å². The van der Waals surface area contributed by atoms with E-state index in [1.54, 1.807) is 12.1 Å². The van der Waals surface area contributed by atoms with Gasteiger partial charge in [-0.1, -0.05) is 5.16 Å². The lowest BCUT2D eigenvalue weighted by Crippen LogP contribution is -2.14. The zero-order valence-corrected chi connectivity index (χ0v) is 10.3. The van der Waals surface area contributed by atoms with E-state index in [0.29, 0.717) is 11.7 Å². The standard InChI is InChI=1S/C13H16FN3O/c1-9(15)3-2-4-12-16-13(17-18-12)10-5-7-11(14)8-6-10/h5-9H,2-4,15H2,1H3. The number of hydrogen-bond acceptors (Lipinski definition) is 4. The highest BCUT2D eigenvalue weighted by molar-refractivity contribution is 5.53. The zero-order valence-electron chi connectivity index (χ0n) is 10.3. The Hall–Kier alpha value is -1.75. The fourth-order valence-electron chi connectivity index (χ4n) is 1.65. The third kappa shape index (κ3) is 3.37. The number of rotatable bonds is 5. The first-order valence-electron chi connectivity index (χ1n) is 5.99. The number of halogens is 1. The lowest BCUT2D eigenvalue weighted by atomic mass is 10.1. The van der Waals surface area contributed by atoms with Crippen molar-refractivity contribution in [2.24, 2.45) is 5.73 Å². The van der Waals surface area contributed by atoms with Crippen LogP contribution < -0.4 is 5.73 Å². The third-order valence-corrected chi connectivity index (χ3v) is 2.62. The van der Waals surface area contributed by atoms with Gasteiger partial charge in [0, 0.05) is 18.0 Å². The van der Waals surface area contributed by atoms with E-state index >= 15 is 0 Å². The van der Waals surface area contributed by atoms with Crippen molar-refractivity contribution in [3.63, 3.8) is 0 Å². The summed E-state index contributed by atoms with van der Waals surface area (Å²) in [5, 5.41) is 3.87. The summed E-state index contributed by atoms with van der Waals surface area (Å²) in [6.07, 6.45) is 2.56. The molecule has 1 aromatic carbocycles. The molecule has 1 unspecified atom stereocenters. The van der Waals surface area contributed by atoms with E-state index in [1.165, 1.54) is 12.1 Å². The van der Waals surface area contributed by atoms with Gasteiger partial charge in [0.25, 0.3) is 0 Å². The Morgan fingerprint density at radius 1 is 1.33 bits per heavy atom. The highest BCUT2D eigenvalue weighted by Crippen LogP contribution is 2.16. The number of benzene rings is 1. The summed E-state index contributed by atoms with van der Waals surface area (Å²) in [6, 6.07) is 6.20. The van der Waals surface area contributed by atoms with Gasteiger partial charge in [-0.3, -0.25) is 0 Å². The molecule has 1 heterocycles. The van der Waals surface area contributed by atoms with Crippen LogP contribution in [-0.4, -0.2) is 16.2 Å². The van der Waals surface area contributed by atoms with Crippen LogP contribution >= 0.6 is 0 Å². The quantitative estimate of drug-likeness (QED) is 0.884. The van der Waals surface area contributed by atoms with Gasteiger partial charge in [0.1, 0.15) is 5.82 Å². The molecule has 0 aliphatic rings. The molecule has 0 saturated carbocycles. The second kappa shape index (κ2) is 5.73. The van der Waals surface area contributed by atoms with Crippen molar-refractivity contribution < 1.29 is 8.91 Å². The number of nitrogens with zero attached hydrogens (tertiary/aromatic N) is 2. The summed E-state index contributed by atoms with van der Waals surface area (Å²) in [6.45, 7) is 1.97. The minimum Gasteiger partial charge on any atom is -0.339 e. The molecule has 0 aliphatic carbocycles. The third-order valence-electron chi connectivity index (χ3n) is 2.62. The lowest BCUT2D eigenvalue weighted by Gasteiger charge is -2.00. The van der Waals surface area contributed by atoms with Crippen LogP contribution in [0.15, 0.2) is 28.8 Å². The number of aryl methyl sites for hydroxylation is 1. The predicted octanol–water partition coefficient (Wildman–Crippen LogP) is 2.55. The molecule has 1 atom stereocenters. The molecule has 0 aliphatic heterocycles. The van der Waals surface area contributed by atoms with Crippen molar-refractivity contribution in [1.29, 1.82) is 0 Å². The van der Waals surface area contributed by atoms with Crippen molar-refractivity contribution in [2.45, 2.75) is 32.2 Å². The van der Waals surface area contributed by atoms with Crippen LogP contribution in [-0.2, 0) is 6.42 Å². The van der Waals surface area contributed by atoms with Gasteiger partial charge in [-0.25, -0.2) is 4.39 Å². The fraction of sp³-hybridized carbons (Fsp3) is 0.385. The topological polar surface area (TPSA) is 64.9 Å². The highest BCUT2D eigenvalue weighted by atomic mass is 19.1. The maximum absolute atomic E-state index is 12.8. The molecular weight excluding hydrogens is 233 g/mol. The Labute approximate surface area is 105 Å². The maximum Gasteiger partial charge on any atom is 0.226 e. The molecular formula is C13H16FN3O. The second-order valence-electron chi connectivity index (χ2n) is 4.39. The summed E-state index contributed by atoms with van der Waals surface area (Å²) < 4.78 is 17.9. The molecule has 4 nitrogen and oxygen atoms in total. The van der Waals surface area contributed by atoms with E-state index in [4.69, 9.17) is 10.3 Å². The molecule has 0 saturated heterocycles. The predicted molar refractivity (Wildman–Crippen MR) is 66.3 cm³/mol. The molecule has 96 valence electrons. The summed E-state index contributed by atoms with van der Waals surface area (Å²) in [5.74, 6) is 0.806. The molecule has 0 bridgehead atoms. The first-order valence-corrected chi connectivity index (χ1v) is 5.99. The number of nitrogens with two attached hydrogens (primary N) is 1. The Morgan fingerprint density at radius 2 is 2.06 bits per heavy atom. The SMILES string of the molecule is CC(N)CCCc1nc(-c2ccc(F)cc2)no1. The van der Waals surface area contributed by atoms with Gasteiger partial charge in [0.05, 0.1) is 0 Å². The van der Waals surface area contributed by atoms with Crippen molar-refractivity contribution in [3.8, 4) is 11.4 Å². The first kappa shape index (κ1) is 12.7. The van der Waals surface area contributed by atoms with Gasteiger partial charge in [-0.05, 0) is 44.0 Å². The van der Waals surface area contributed by atoms with Crippen LogP contribution in [0, 0.1) is 5.82 Å². The minimum atomic E-state index is -0.278. The van der Waals surface area contributed by atoms with Crippen LogP contribution in [0.1, 0.15) is 25.7 Å². The molecule has 18 heavy (non-hydrogen) atoms. The van der Waals surface area contributed by atoms with Crippen molar-refractivity contribution in [1.82, 2.24) is 10.1 Å².